The third-order valence-corrected chi connectivity index (χ3v) is 2.22. The van der Waals surface area contributed by atoms with Crippen molar-refractivity contribution in [2.45, 2.75) is 27.2 Å². The molecular formula is C10H12F2. The monoisotopic (exact) mass is 170 g/mol. The first kappa shape index (κ1) is 9.17. The standard InChI is InChI=1S/C10H12F2/c1-6-4-5-7(2)9(8(6)3)10(11)12/h4-5,10H,1-3H3. The number of rotatable bonds is 1. The highest BCUT2D eigenvalue weighted by atomic mass is 19.3. The van der Waals surface area contributed by atoms with Gasteiger partial charge in [0.1, 0.15) is 0 Å². The van der Waals surface area contributed by atoms with E-state index in [2.05, 4.69) is 0 Å². The van der Waals surface area contributed by atoms with Crippen LogP contribution >= 0.6 is 0 Å². The van der Waals surface area contributed by atoms with Crippen LogP contribution in [0.5, 0.6) is 0 Å². The molecule has 2 heteroatoms. The van der Waals surface area contributed by atoms with Crippen LogP contribution in [0.25, 0.3) is 0 Å². The molecule has 0 aliphatic heterocycles. The molecule has 1 rings (SSSR count). The van der Waals surface area contributed by atoms with Gasteiger partial charge in [-0.25, -0.2) is 8.78 Å². The molecule has 0 radical (unpaired) electrons. The van der Waals surface area contributed by atoms with E-state index in [1.54, 1.807) is 19.9 Å². The van der Waals surface area contributed by atoms with E-state index in [0.717, 1.165) is 5.56 Å². The summed E-state index contributed by atoms with van der Waals surface area (Å²) in [6.07, 6.45) is -2.36. The average molecular weight is 170 g/mol. The maximum absolute atomic E-state index is 12.5. The molecular weight excluding hydrogens is 158 g/mol. The van der Waals surface area contributed by atoms with E-state index in [1.807, 2.05) is 13.0 Å². The van der Waals surface area contributed by atoms with Crippen molar-refractivity contribution in [3.63, 3.8) is 0 Å². The Morgan fingerprint density at radius 2 is 1.50 bits per heavy atom. The van der Waals surface area contributed by atoms with Gasteiger partial charge in [0.2, 0.25) is 0 Å². The van der Waals surface area contributed by atoms with Crippen LogP contribution in [0.4, 0.5) is 8.78 Å². The van der Waals surface area contributed by atoms with Crippen molar-refractivity contribution >= 4 is 0 Å². The van der Waals surface area contributed by atoms with Crippen LogP contribution in [-0.2, 0) is 0 Å². The minimum Gasteiger partial charge on any atom is -0.205 e. The Bertz CT molecular complexity index is 290. The Morgan fingerprint density at radius 1 is 1.00 bits per heavy atom. The molecule has 0 bridgehead atoms. The van der Waals surface area contributed by atoms with Crippen molar-refractivity contribution in [1.29, 1.82) is 0 Å². The van der Waals surface area contributed by atoms with Crippen LogP contribution in [0.15, 0.2) is 12.1 Å². The summed E-state index contributed by atoms with van der Waals surface area (Å²) in [7, 11) is 0. The number of hydrogen-bond donors (Lipinski definition) is 0. The normalized spacial score (nSPS) is 10.8. The van der Waals surface area contributed by atoms with Crippen LogP contribution in [0.2, 0.25) is 0 Å². The lowest BCUT2D eigenvalue weighted by atomic mass is 9.99. The van der Waals surface area contributed by atoms with Crippen LogP contribution in [0.3, 0.4) is 0 Å². The highest BCUT2D eigenvalue weighted by Crippen LogP contribution is 2.27. The first-order valence-corrected chi connectivity index (χ1v) is 3.89. The van der Waals surface area contributed by atoms with Gasteiger partial charge in [-0.05, 0) is 37.5 Å². The summed E-state index contributed by atoms with van der Waals surface area (Å²) in [6, 6.07) is 3.61. The van der Waals surface area contributed by atoms with E-state index >= 15 is 0 Å². The topological polar surface area (TPSA) is 0 Å². The van der Waals surface area contributed by atoms with E-state index in [-0.39, 0.29) is 5.56 Å². The lowest BCUT2D eigenvalue weighted by Gasteiger charge is -2.10. The summed E-state index contributed by atoms with van der Waals surface area (Å²) < 4.78 is 24.9. The fourth-order valence-corrected chi connectivity index (χ4v) is 1.31. The third kappa shape index (κ3) is 1.47. The maximum atomic E-state index is 12.5. The second kappa shape index (κ2) is 3.21. The molecule has 0 spiro atoms. The predicted octanol–water partition coefficient (Wildman–Crippen LogP) is 3.55. The lowest BCUT2D eigenvalue weighted by Crippen LogP contribution is -1.96. The highest BCUT2D eigenvalue weighted by Gasteiger charge is 2.14. The van der Waals surface area contributed by atoms with E-state index < -0.39 is 6.43 Å². The third-order valence-electron chi connectivity index (χ3n) is 2.22. The van der Waals surface area contributed by atoms with E-state index in [0.29, 0.717) is 11.1 Å². The van der Waals surface area contributed by atoms with Gasteiger partial charge in [-0.2, -0.15) is 0 Å². The molecule has 0 heterocycles. The Morgan fingerprint density at radius 3 is 1.92 bits per heavy atom. The van der Waals surface area contributed by atoms with Gasteiger partial charge in [-0.1, -0.05) is 12.1 Å². The second-order valence-corrected chi connectivity index (χ2v) is 3.04. The summed E-state index contributed by atoms with van der Waals surface area (Å²) in [5.74, 6) is 0. The Kier molecular flexibility index (Phi) is 2.46. The Hall–Kier alpha value is -0.920. The van der Waals surface area contributed by atoms with Gasteiger partial charge in [0, 0.05) is 5.56 Å². The quantitative estimate of drug-likeness (QED) is 0.604. The van der Waals surface area contributed by atoms with Crippen LogP contribution in [0.1, 0.15) is 28.7 Å². The van der Waals surface area contributed by atoms with Gasteiger partial charge in [-0.3, -0.25) is 0 Å². The molecule has 0 saturated heterocycles. The largest absolute Gasteiger partial charge is 0.264 e. The summed E-state index contributed by atoms with van der Waals surface area (Å²) in [6.45, 7) is 5.30. The number of hydrogen-bond acceptors (Lipinski definition) is 0. The lowest BCUT2D eigenvalue weighted by molar-refractivity contribution is 0.149. The summed E-state index contributed by atoms with van der Waals surface area (Å²) >= 11 is 0. The first-order chi connectivity index (χ1) is 5.54. The smallest absolute Gasteiger partial charge is 0.205 e. The second-order valence-electron chi connectivity index (χ2n) is 3.04. The van der Waals surface area contributed by atoms with Crippen molar-refractivity contribution in [2.75, 3.05) is 0 Å². The zero-order valence-electron chi connectivity index (χ0n) is 7.49. The summed E-state index contributed by atoms with van der Waals surface area (Å²) in [5, 5.41) is 0. The van der Waals surface area contributed by atoms with Gasteiger partial charge in [-0.15, -0.1) is 0 Å². The molecule has 0 atom stereocenters. The number of alkyl halides is 2. The summed E-state index contributed by atoms with van der Waals surface area (Å²) in [4.78, 5) is 0. The molecule has 0 nitrogen and oxygen atoms in total. The molecule has 0 unspecified atom stereocenters. The predicted molar refractivity (Wildman–Crippen MR) is 45.6 cm³/mol. The van der Waals surface area contributed by atoms with Crippen molar-refractivity contribution in [2.24, 2.45) is 0 Å². The van der Waals surface area contributed by atoms with Gasteiger partial charge < -0.3 is 0 Å². The van der Waals surface area contributed by atoms with Crippen molar-refractivity contribution in [3.05, 3.63) is 34.4 Å². The fraction of sp³-hybridized carbons (Fsp3) is 0.400. The van der Waals surface area contributed by atoms with Crippen LogP contribution in [-0.4, -0.2) is 0 Å². The molecule has 66 valence electrons. The van der Waals surface area contributed by atoms with Crippen molar-refractivity contribution in [3.8, 4) is 0 Å². The van der Waals surface area contributed by atoms with E-state index in [9.17, 15) is 8.78 Å². The van der Waals surface area contributed by atoms with Gasteiger partial charge in [0.05, 0.1) is 0 Å². The fourth-order valence-electron chi connectivity index (χ4n) is 1.31. The molecule has 0 N–H and O–H groups in total. The summed E-state index contributed by atoms with van der Waals surface area (Å²) in [5.41, 5.74) is 2.50. The van der Waals surface area contributed by atoms with Crippen LogP contribution < -0.4 is 0 Å². The molecule has 0 fully saturated rings. The molecule has 0 saturated carbocycles. The molecule has 0 amide bonds. The Labute approximate surface area is 71.2 Å². The molecule has 0 aromatic heterocycles. The molecule has 12 heavy (non-hydrogen) atoms. The highest BCUT2D eigenvalue weighted by molar-refractivity contribution is 5.39. The molecule has 0 aliphatic carbocycles. The molecule has 0 aliphatic rings. The molecule has 1 aromatic rings. The minimum atomic E-state index is -2.36. The van der Waals surface area contributed by atoms with E-state index in [1.165, 1.54) is 0 Å². The maximum Gasteiger partial charge on any atom is 0.264 e. The first-order valence-electron chi connectivity index (χ1n) is 3.89. The van der Waals surface area contributed by atoms with Gasteiger partial charge in [0.15, 0.2) is 0 Å². The zero-order chi connectivity index (χ0) is 9.30. The van der Waals surface area contributed by atoms with Crippen molar-refractivity contribution in [1.82, 2.24) is 0 Å². The number of benzene rings is 1. The SMILES string of the molecule is Cc1ccc(C)c(C(F)F)c1C. The van der Waals surface area contributed by atoms with Crippen LogP contribution in [0, 0.1) is 20.8 Å². The van der Waals surface area contributed by atoms with Gasteiger partial charge >= 0.3 is 0 Å². The minimum absolute atomic E-state index is 0.190. The van der Waals surface area contributed by atoms with Crippen molar-refractivity contribution < 1.29 is 8.78 Å². The van der Waals surface area contributed by atoms with Gasteiger partial charge in [0.25, 0.3) is 6.43 Å². The van der Waals surface area contributed by atoms with E-state index in [4.69, 9.17) is 0 Å². The number of aryl methyl sites for hydroxylation is 2. The Balaban J connectivity index is 3.33. The molecule has 1 aromatic carbocycles. The zero-order valence-corrected chi connectivity index (χ0v) is 7.49. The number of halogens is 2. The average Bonchev–Trinajstić information content (AvgIpc) is 1.97.